The highest BCUT2D eigenvalue weighted by molar-refractivity contribution is 6.33. The van der Waals surface area contributed by atoms with Crippen molar-refractivity contribution in [1.29, 1.82) is 0 Å². The van der Waals surface area contributed by atoms with Gasteiger partial charge in [0.05, 0.1) is 36.1 Å². The van der Waals surface area contributed by atoms with E-state index in [9.17, 15) is 9.59 Å². The maximum Gasteiger partial charge on any atom is 0.303 e. The minimum atomic E-state index is -0.770. The molecule has 9 heteroatoms. The van der Waals surface area contributed by atoms with Crippen LogP contribution in [0.15, 0.2) is 12.1 Å². The summed E-state index contributed by atoms with van der Waals surface area (Å²) in [6.07, 6.45) is 1.49. The predicted molar refractivity (Wildman–Crippen MR) is 107 cm³/mol. The molecule has 2 unspecified atom stereocenters. The smallest absolute Gasteiger partial charge is 0.303 e. The number of nitrogens with one attached hydrogen (secondary N) is 1. The van der Waals surface area contributed by atoms with Crippen LogP contribution in [0.25, 0.3) is 0 Å². The molecule has 2 rings (SSSR count). The monoisotopic (exact) mass is 413 g/mol. The van der Waals surface area contributed by atoms with Crippen molar-refractivity contribution in [3.63, 3.8) is 0 Å². The number of aliphatic carboxylic acids is 1. The van der Waals surface area contributed by atoms with Gasteiger partial charge in [-0.3, -0.25) is 14.5 Å². The summed E-state index contributed by atoms with van der Waals surface area (Å²) in [4.78, 5) is 25.5. The summed E-state index contributed by atoms with van der Waals surface area (Å²) in [5.74, 6) is -0.723. The third-order valence-electron chi connectivity index (χ3n) is 4.86. The Morgan fingerprint density at radius 1 is 1.50 bits per heavy atom. The number of carboxylic acid groups (broad SMARTS) is 1. The molecule has 156 valence electrons. The Bertz CT molecular complexity index is 700. The summed E-state index contributed by atoms with van der Waals surface area (Å²) in [5.41, 5.74) is 6.41. The fourth-order valence-electron chi connectivity index (χ4n) is 3.21. The van der Waals surface area contributed by atoms with Crippen LogP contribution in [-0.2, 0) is 9.53 Å². The summed E-state index contributed by atoms with van der Waals surface area (Å²) in [6, 6.07) is 3.27. The van der Waals surface area contributed by atoms with E-state index in [4.69, 9.17) is 31.9 Å². The zero-order valence-electron chi connectivity index (χ0n) is 16.2. The van der Waals surface area contributed by atoms with Crippen molar-refractivity contribution in [3.8, 4) is 5.75 Å². The van der Waals surface area contributed by atoms with E-state index >= 15 is 0 Å². The second kappa shape index (κ2) is 10.5. The third kappa shape index (κ3) is 6.25. The number of carboxylic acids is 1. The van der Waals surface area contributed by atoms with Gasteiger partial charge in [0.2, 0.25) is 0 Å². The average molecular weight is 414 g/mol. The second-order valence-electron chi connectivity index (χ2n) is 6.91. The molecule has 0 bridgehead atoms. The van der Waals surface area contributed by atoms with Gasteiger partial charge in [-0.05, 0) is 25.8 Å². The lowest BCUT2D eigenvalue weighted by molar-refractivity contribution is -0.137. The number of methoxy groups -OCH3 is 1. The number of hydrogen-bond acceptors (Lipinski definition) is 6. The number of carbonyl (C=O) groups excluding carboxylic acids is 1. The second-order valence-corrected chi connectivity index (χ2v) is 7.31. The number of nitrogen functional groups attached to an aromatic ring is 1. The molecule has 1 aromatic carbocycles. The number of halogens is 1. The first-order valence-corrected chi connectivity index (χ1v) is 9.68. The number of ether oxygens (including phenoxy) is 2. The van der Waals surface area contributed by atoms with Crippen LogP contribution in [0.4, 0.5) is 5.69 Å². The van der Waals surface area contributed by atoms with Gasteiger partial charge in [0, 0.05) is 38.2 Å². The maximum atomic E-state index is 12.5. The number of amides is 1. The largest absolute Gasteiger partial charge is 0.496 e. The van der Waals surface area contributed by atoms with Gasteiger partial charge >= 0.3 is 5.97 Å². The number of morpholine rings is 1. The lowest BCUT2D eigenvalue weighted by Gasteiger charge is -2.37. The van der Waals surface area contributed by atoms with E-state index in [0.717, 1.165) is 13.0 Å². The molecule has 8 nitrogen and oxygen atoms in total. The van der Waals surface area contributed by atoms with Crippen LogP contribution in [0, 0.1) is 0 Å². The molecule has 1 aliphatic heterocycles. The van der Waals surface area contributed by atoms with Crippen molar-refractivity contribution in [1.82, 2.24) is 10.2 Å². The van der Waals surface area contributed by atoms with Gasteiger partial charge in [-0.15, -0.1) is 0 Å². The molecule has 0 spiro atoms. The zero-order chi connectivity index (χ0) is 20.7. The number of nitrogens with two attached hydrogens (primary N) is 1. The molecular weight excluding hydrogens is 386 g/mol. The summed E-state index contributed by atoms with van der Waals surface area (Å²) >= 11 is 6.02. The highest BCUT2D eigenvalue weighted by Crippen LogP contribution is 2.28. The number of hydrogen-bond donors (Lipinski definition) is 3. The highest BCUT2D eigenvalue weighted by atomic mass is 35.5. The van der Waals surface area contributed by atoms with Gasteiger partial charge < -0.3 is 25.6 Å². The molecule has 4 N–H and O–H groups in total. The van der Waals surface area contributed by atoms with Crippen molar-refractivity contribution in [2.45, 2.75) is 38.3 Å². The molecule has 1 aromatic rings. The topological polar surface area (TPSA) is 114 Å². The van der Waals surface area contributed by atoms with Gasteiger partial charge in [0.1, 0.15) is 5.75 Å². The normalized spacial score (nSPS) is 18.5. The predicted octanol–water partition coefficient (Wildman–Crippen LogP) is 2.00. The molecule has 0 aliphatic carbocycles. The number of anilines is 1. The number of nitrogens with zero attached hydrogens (tertiary/aromatic N) is 1. The molecule has 1 aliphatic rings. The first kappa shape index (κ1) is 22.3. The lowest BCUT2D eigenvalue weighted by atomic mass is 10.1. The molecule has 1 heterocycles. The van der Waals surface area contributed by atoms with E-state index in [1.54, 1.807) is 0 Å². The molecule has 0 radical (unpaired) electrons. The molecule has 2 atom stereocenters. The van der Waals surface area contributed by atoms with Gasteiger partial charge in [0.25, 0.3) is 5.91 Å². The fraction of sp³-hybridized carbons (Fsp3) is 0.579. The van der Waals surface area contributed by atoms with Crippen molar-refractivity contribution in [2.75, 3.05) is 39.1 Å². The minimum Gasteiger partial charge on any atom is -0.496 e. The Balaban J connectivity index is 1.87. The first-order chi connectivity index (χ1) is 13.3. The van der Waals surface area contributed by atoms with E-state index in [1.165, 1.54) is 19.2 Å². The molecule has 1 amide bonds. The van der Waals surface area contributed by atoms with E-state index in [2.05, 4.69) is 17.1 Å². The van der Waals surface area contributed by atoms with Crippen LogP contribution >= 0.6 is 11.6 Å². The lowest BCUT2D eigenvalue weighted by Crippen LogP contribution is -2.50. The molecular formula is C19H28ClN3O5. The molecule has 0 aromatic heterocycles. The van der Waals surface area contributed by atoms with Crippen LogP contribution in [0.1, 0.15) is 36.5 Å². The molecule has 28 heavy (non-hydrogen) atoms. The third-order valence-corrected chi connectivity index (χ3v) is 5.19. The van der Waals surface area contributed by atoms with Crippen LogP contribution in [0.3, 0.4) is 0 Å². The van der Waals surface area contributed by atoms with Crippen molar-refractivity contribution in [3.05, 3.63) is 22.7 Å². The maximum absolute atomic E-state index is 12.5. The Morgan fingerprint density at radius 3 is 2.93 bits per heavy atom. The fourth-order valence-corrected chi connectivity index (χ4v) is 3.38. The highest BCUT2D eigenvalue weighted by Gasteiger charge is 2.25. The van der Waals surface area contributed by atoms with Crippen molar-refractivity contribution < 1.29 is 24.2 Å². The Labute approximate surface area is 169 Å². The zero-order valence-corrected chi connectivity index (χ0v) is 17.0. The SMILES string of the molecule is COc1cc(N)c(Cl)cc1C(=O)NCC1CN(C(C)CCCC(=O)O)CCO1. The Kier molecular flexibility index (Phi) is 8.35. The van der Waals surface area contributed by atoms with Crippen LogP contribution in [-0.4, -0.2) is 67.4 Å². The van der Waals surface area contributed by atoms with Gasteiger partial charge in [0.15, 0.2) is 0 Å². The van der Waals surface area contributed by atoms with E-state index in [0.29, 0.717) is 48.1 Å². The van der Waals surface area contributed by atoms with Crippen molar-refractivity contribution >= 4 is 29.2 Å². The summed E-state index contributed by atoms with van der Waals surface area (Å²) < 4.78 is 11.0. The molecule has 1 fully saturated rings. The van der Waals surface area contributed by atoms with E-state index in [1.807, 2.05) is 0 Å². The van der Waals surface area contributed by atoms with Crippen LogP contribution in [0.2, 0.25) is 5.02 Å². The quantitative estimate of drug-likeness (QED) is 0.530. The number of carbonyl (C=O) groups is 2. The number of benzene rings is 1. The molecule has 0 saturated carbocycles. The summed E-state index contributed by atoms with van der Waals surface area (Å²) in [6.45, 7) is 4.47. The van der Waals surface area contributed by atoms with E-state index in [-0.39, 0.29) is 24.5 Å². The average Bonchev–Trinajstić information content (AvgIpc) is 2.67. The van der Waals surface area contributed by atoms with Gasteiger partial charge in [-0.2, -0.15) is 0 Å². The Morgan fingerprint density at radius 2 is 2.25 bits per heavy atom. The number of rotatable bonds is 9. The summed E-state index contributed by atoms with van der Waals surface area (Å²) in [5, 5.41) is 11.9. The van der Waals surface area contributed by atoms with Crippen molar-refractivity contribution in [2.24, 2.45) is 0 Å². The van der Waals surface area contributed by atoms with Gasteiger partial charge in [-0.1, -0.05) is 11.6 Å². The Hall–Kier alpha value is -2.03. The van der Waals surface area contributed by atoms with Crippen LogP contribution < -0.4 is 15.8 Å². The summed E-state index contributed by atoms with van der Waals surface area (Å²) in [7, 11) is 1.47. The molecule has 1 saturated heterocycles. The minimum absolute atomic E-state index is 0.144. The van der Waals surface area contributed by atoms with Crippen LogP contribution in [0.5, 0.6) is 5.75 Å². The standard InChI is InChI=1S/C19H28ClN3O5/c1-12(4-3-5-18(24)25)23-6-7-28-13(11-23)10-22-19(26)14-8-15(20)16(21)9-17(14)27-2/h8-9,12-13H,3-7,10-11,21H2,1-2H3,(H,22,26)(H,24,25). The first-order valence-electron chi connectivity index (χ1n) is 9.30. The van der Waals surface area contributed by atoms with E-state index < -0.39 is 5.97 Å². The van der Waals surface area contributed by atoms with Gasteiger partial charge in [-0.25, -0.2) is 0 Å².